The molecule has 0 unspecified atom stereocenters. The van der Waals surface area contributed by atoms with Crippen molar-refractivity contribution in [2.75, 3.05) is 4.90 Å². The van der Waals surface area contributed by atoms with Gasteiger partial charge in [-0.3, -0.25) is 19.7 Å². The Labute approximate surface area is 178 Å². The minimum atomic E-state index is -1.20. The number of benzene rings is 3. The van der Waals surface area contributed by atoms with E-state index in [-0.39, 0.29) is 21.9 Å². The van der Waals surface area contributed by atoms with Crippen molar-refractivity contribution in [1.82, 2.24) is 0 Å². The largest absolute Gasteiger partial charge is 0.272 e. The van der Waals surface area contributed by atoms with Crippen molar-refractivity contribution in [3.63, 3.8) is 0 Å². The average molecular weight is 438 g/mol. The highest BCUT2D eigenvalue weighted by molar-refractivity contribution is 8.04. The maximum absolute atomic E-state index is 13.8. The summed E-state index contributed by atoms with van der Waals surface area (Å²) < 4.78 is 27.1. The van der Waals surface area contributed by atoms with Crippen LogP contribution in [0.1, 0.15) is 5.56 Å². The minimum absolute atomic E-state index is 0.0264. The summed E-state index contributed by atoms with van der Waals surface area (Å²) in [7, 11) is 0. The van der Waals surface area contributed by atoms with Gasteiger partial charge in [-0.25, -0.2) is 13.7 Å². The number of halogens is 2. The van der Waals surface area contributed by atoms with Gasteiger partial charge in [-0.05, 0) is 42.0 Å². The molecule has 0 aliphatic carbocycles. The predicted octanol–water partition coefficient (Wildman–Crippen LogP) is 4.95. The number of nitrogens with zero attached hydrogens (tertiary/aromatic N) is 2. The topological polar surface area (TPSA) is 80.5 Å². The van der Waals surface area contributed by atoms with Crippen LogP contribution in [-0.2, 0) is 9.59 Å². The molecular weight excluding hydrogens is 426 g/mol. The first-order valence-corrected chi connectivity index (χ1v) is 9.74. The zero-order valence-electron chi connectivity index (χ0n) is 15.6. The molecule has 0 N–H and O–H groups in total. The van der Waals surface area contributed by atoms with Crippen molar-refractivity contribution in [1.29, 1.82) is 0 Å². The van der Waals surface area contributed by atoms with Crippen LogP contribution in [0.15, 0.2) is 82.6 Å². The summed E-state index contributed by atoms with van der Waals surface area (Å²) in [6.07, 6.45) is 0. The second-order valence-corrected chi connectivity index (χ2v) is 7.55. The van der Waals surface area contributed by atoms with E-state index in [4.69, 9.17) is 0 Å². The molecular formula is C22H12F2N2O4S. The fourth-order valence-corrected chi connectivity index (χ4v) is 4.09. The first-order chi connectivity index (χ1) is 14.9. The number of thioether (sulfide) groups is 1. The van der Waals surface area contributed by atoms with Crippen LogP contribution in [0.25, 0.3) is 5.57 Å². The molecule has 9 heteroatoms. The molecule has 31 heavy (non-hydrogen) atoms. The fraction of sp³-hybridized carbons (Fsp3) is 0. The summed E-state index contributed by atoms with van der Waals surface area (Å²) >= 11 is 1.05. The standard InChI is InChI=1S/C22H12F2N2O4S/c23-17-11-10-15(12-18(17)24)25-21(27)19(13-6-8-14(9-7-13)26(29)30)20(22(25)28)31-16-4-2-1-3-5-16/h1-12H. The number of hydrogen-bond acceptors (Lipinski definition) is 5. The van der Waals surface area contributed by atoms with Gasteiger partial charge in [0, 0.05) is 23.1 Å². The van der Waals surface area contributed by atoms with E-state index in [0.29, 0.717) is 10.5 Å². The Bertz CT molecular complexity index is 1240. The van der Waals surface area contributed by atoms with Gasteiger partial charge in [-0.15, -0.1) is 0 Å². The molecule has 0 spiro atoms. The normalized spacial score (nSPS) is 13.8. The summed E-state index contributed by atoms with van der Waals surface area (Å²) in [6.45, 7) is 0. The second-order valence-electron chi connectivity index (χ2n) is 6.47. The Balaban J connectivity index is 1.82. The number of carbonyl (C=O) groups excluding carboxylic acids is 2. The fourth-order valence-electron chi connectivity index (χ4n) is 3.07. The molecule has 6 nitrogen and oxygen atoms in total. The number of nitro benzene ring substituents is 1. The van der Waals surface area contributed by atoms with E-state index in [1.807, 2.05) is 0 Å². The van der Waals surface area contributed by atoms with Gasteiger partial charge in [0.25, 0.3) is 17.5 Å². The van der Waals surface area contributed by atoms with Gasteiger partial charge >= 0.3 is 0 Å². The van der Waals surface area contributed by atoms with Gasteiger partial charge in [-0.2, -0.15) is 0 Å². The highest BCUT2D eigenvalue weighted by Gasteiger charge is 2.40. The number of nitro groups is 1. The average Bonchev–Trinajstić information content (AvgIpc) is 3.00. The number of non-ortho nitro benzene ring substituents is 1. The highest BCUT2D eigenvalue weighted by Crippen LogP contribution is 2.41. The van der Waals surface area contributed by atoms with Crippen LogP contribution in [0, 0.1) is 21.7 Å². The van der Waals surface area contributed by atoms with Gasteiger partial charge in [0.15, 0.2) is 11.6 Å². The number of carbonyl (C=O) groups is 2. The number of rotatable bonds is 5. The van der Waals surface area contributed by atoms with Gasteiger partial charge in [0.2, 0.25) is 0 Å². The summed E-state index contributed by atoms with van der Waals surface area (Å²) in [5.74, 6) is -3.73. The smallest absolute Gasteiger partial charge is 0.268 e. The van der Waals surface area contributed by atoms with Crippen LogP contribution in [0.3, 0.4) is 0 Å². The molecule has 0 atom stereocenters. The van der Waals surface area contributed by atoms with E-state index in [1.54, 1.807) is 30.3 Å². The molecule has 0 saturated carbocycles. The van der Waals surface area contributed by atoms with Crippen LogP contribution in [0.5, 0.6) is 0 Å². The van der Waals surface area contributed by atoms with E-state index in [1.165, 1.54) is 24.3 Å². The molecule has 0 radical (unpaired) electrons. The molecule has 4 rings (SSSR count). The molecule has 0 saturated heterocycles. The maximum Gasteiger partial charge on any atom is 0.272 e. The Morgan fingerprint density at radius 1 is 0.839 bits per heavy atom. The SMILES string of the molecule is O=C1C(Sc2ccccc2)=C(c2ccc([N+](=O)[O-])cc2)C(=O)N1c1ccc(F)c(F)c1. The molecule has 1 aliphatic heterocycles. The lowest BCUT2D eigenvalue weighted by molar-refractivity contribution is -0.384. The summed E-state index contributed by atoms with van der Waals surface area (Å²) in [5.41, 5.74) is 0.0405. The monoisotopic (exact) mass is 438 g/mol. The number of hydrogen-bond donors (Lipinski definition) is 0. The summed E-state index contributed by atoms with van der Waals surface area (Å²) in [6, 6.07) is 16.8. The third kappa shape index (κ3) is 3.82. The molecule has 3 aromatic carbocycles. The minimum Gasteiger partial charge on any atom is -0.268 e. The number of amides is 2. The van der Waals surface area contributed by atoms with E-state index >= 15 is 0 Å². The van der Waals surface area contributed by atoms with E-state index < -0.39 is 28.4 Å². The molecule has 0 aromatic heterocycles. The predicted molar refractivity (Wildman–Crippen MR) is 111 cm³/mol. The van der Waals surface area contributed by atoms with Gasteiger partial charge in [0.1, 0.15) is 0 Å². The van der Waals surface area contributed by atoms with E-state index in [2.05, 4.69) is 0 Å². The molecule has 3 aromatic rings. The van der Waals surface area contributed by atoms with Gasteiger partial charge < -0.3 is 0 Å². The van der Waals surface area contributed by atoms with Gasteiger partial charge in [0.05, 0.1) is 21.1 Å². The molecule has 2 amide bonds. The summed E-state index contributed by atoms with van der Waals surface area (Å²) in [5, 5.41) is 10.9. The second kappa shape index (κ2) is 8.11. The molecule has 1 heterocycles. The molecule has 1 aliphatic rings. The Kier molecular flexibility index (Phi) is 5.35. The first kappa shape index (κ1) is 20.4. The van der Waals surface area contributed by atoms with Crippen molar-refractivity contribution in [3.8, 4) is 0 Å². The third-order valence-corrected chi connectivity index (χ3v) is 5.62. The number of anilines is 1. The lowest BCUT2D eigenvalue weighted by atomic mass is 10.1. The third-order valence-electron chi connectivity index (χ3n) is 4.53. The molecule has 0 bridgehead atoms. The zero-order valence-corrected chi connectivity index (χ0v) is 16.4. The van der Waals surface area contributed by atoms with Crippen molar-refractivity contribution in [3.05, 3.63) is 105 Å². The van der Waals surface area contributed by atoms with Crippen LogP contribution < -0.4 is 4.90 Å². The Hall–Kier alpha value is -3.85. The lowest BCUT2D eigenvalue weighted by Gasteiger charge is -2.15. The lowest BCUT2D eigenvalue weighted by Crippen LogP contribution is -2.31. The zero-order chi connectivity index (χ0) is 22.1. The van der Waals surface area contributed by atoms with Crippen LogP contribution >= 0.6 is 11.8 Å². The number of imide groups is 1. The Morgan fingerprint density at radius 2 is 1.52 bits per heavy atom. The van der Waals surface area contributed by atoms with Crippen LogP contribution in [-0.4, -0.2) is 16.7 Å². The highest BCUT2D eigenvalue weighted by atomic mass is 32.2. The van der Waals surface area contributed by atoms with Crippen molar-refractivity contribution in [2.24, 2.45) is 0 Å². The van der Waals surface area contributed by atoms with Crippen LogP contribution in [0.4, 0.5) is 20.2 Å². The van der Waals surface area contributed by atoms with E-state index in [9.17, 15) is 28.5 Å². The van der Waals surface area contributed by atoms with Crippen molar-refractivity contribution >= 4 is 40.5 Å². The van der Waals surface area contributed by atoms with Gasteiger partial charge in [-0.1, -0.05) is 30.0 Å². The van der Waals surface area contributed by atoms with Crippen molar-refractivity contribution in [2.45, 2.75) is 4.90 Å². The van der Waals surface area contributed by atoms with E-state index in [0.717, 1.165) is 34.9 Å². The van der Waals surface area contributed by atoms with Crippen molar-refractivity contribution < 1.29 is 23.3 Å². The molecule has 0 fully saturated rings. The maximum atomic E-state index is 13.8. The quantitative estimate of drug-likeness (QED) is 0.320. The summed E-state index contributed by atoms with van der Waals surface area (Å²) in [4.78, 5) is 38.3. The van der Waals surface area contributed by atoms with Crippen LogP contribution in [0.2, 0.25) is 0 Å². The first-order valence-electron chi connectivity index (χ1n) is 8.92. The Morgan fingerprint density at radius 3 is 2.13 bits per heavy atom. The molecule has 154 valence electrons.